The first-order valence-corrected chi connectivity index (χ1v) is 10.8. The lowest BCUT2D eigenvalue weighted by atomic mass is 9.81. The van der Waals surface area contributed by atoms with Gasteiger partial charge < -0.3 is 14.6 Å². The zero-order chi connectivity index (χ0) is 22.3. The Morgan fingerprint density at radius 1 is 1.39 bits per heavy atom. The maximum absolute atomic E-state index is 12.4. The molecule has 2 heterocycles. The summed E-state index contributed by atoms with van der Waals surface area (Å²) in [5.74, 6) is 1.03. The van der Waals surface area contributed by atoms with Gasteiger partial charge in [-0.2, -0.15) is 5.21 Å². The topological polar surface area (TPSA) is 125 Å². The largest absolute Gasteiger partial charge is 0.469 e. The van der Waals surface area contributed by atoms with E-state index in [1.54, 1.807) is 12.3 Å². The minimum Gasteiger partial charge on any atom is -0.469 e. The minimum atomic E-state index is -0.721. The van der Waals surface area contributed by atoms with Crippen molar-refractivity contribution in [1.29, 1.82) is 0 Å². The third-order valence-electron chi connectivity index (χ3n) is 5.98. The van der Waals surface area contributed by atoms with Crippen LogP contribution >= 0.6 is 0 Å². The van der Waals surface area contributed by atoms with E-state index < -0.39 is 17.6 Å². The maximum atomic E-state index is 12.4. The van der Waals surface area contributed by atoms with Crippen molar-refractivity contribution in [3.05, 3.63) is 54.3 Å². The van der Waals surface area contributed by atoms with Crippen molar-refractivity contribution >= 4 is 5.78 Å². The van der Waals surface area contributed by atoms with Gasteiger partial charge in [-0.25, -0.2) is 0 Å². The molecule has 0 amide bonds. The SMILES string of the molecule is CC(C)(Cc1ccco1)C(O)C=CC1C(O)CC(=O)C1CC=CCCCc1nn[nH]n1. The fourth-order valence-corrected chi connectivity index (χ4v) is 4.02. The Hall–Kier alpha value is -2.58. The number of nitrogens with zero attached hydrogens (tertiary/aromatic N) is 3. The Morgan fingerprint density at radius 3 is 2.94 bits per heavy atom. The Balaban J connectivity index is 1.51. The number of aromatic amines is 1. The highest BCUT2D eigenvalue weighted by Crippen LogP contribution is 2.34. The number of H-pyrrole nitrogens is 1. The van der Waals surface area contributed by atoms with Gasteiger partial charge in [0.1, 0.15) is 11.5 Å². The summed E-state index contributed by atoms with van der Waals surface area (Å²) < 4.78 is 5.40. The van der Waals surface area contributed by atoms with E-state index >= 15 is 0 Å². The van der Waals surface area contributed by atoms with E-state index in [0.717, 1.165) is 25.0 Å². The number of furan rings is 1. The molecule has 2 aromatic rings. The number of carbonyl (C=O) groups excluding carboxylic acids is 1. The van der Waals surface area contributed by atoms with Crippen molar-refractivity contribution in [2.24, 2.45) is 17.3 Å². The van der Waals surface area contributed by atoms with Crippen molar-refractivity contribution in [2.75, 3.05) is 0 Å². The van der Waals surface area contributed by atoms with E-state index in [1.807, 2.05) is 38.1 Å². The molecule has 4 unspecified atom stereocenters. The normalized spacial score (nSPS) is 23.4. The molecular formula is C23H32N4O4. The van der Waals surface area contributed by atoms with Gasteiger partial charge in [-0.15, -0.1) is 10.2 Å². The summed E-state index contributed by atoms with van der Waals surface area (Å²) in [5.41, 5.74) is -0.435. The summed E-state index contributed by atoms with van der Waals surface area (Å²) in [7, 11) is 0. The number of aromatic nitrogens is 4. The summed E-state index contributed by atoms with van der Waals surface area (Å²) in [6.07, 6.45) is 11.6. The molecule has 4 atom stereocenters. The zero-order valence-electron chi connectivity index (χ0n) is 18.1. The second kappa shape index (κ2) is 10.6. The molecule has 0 radical (unpaired) electrons. The van der Waals surface area contributed by atoms with Crippen molar-refractivity contribution in [3.63, 3.8) is 0 Å². The van der Waals surface area contributed by atoms with E-state index in [4.69, 9.17) is 4.42 Å². The molecule has 8 nitrogen and oxygen atoms in total. The van der Waals surface area contributed by atoms with Gasteiger partial charge in [-0.1, -0.05) is 43.4 Å². The van der Waals surface area contributed by atoms with E-state index in [0.29, 0.717) is 18.7 Å². The lowest BCUT2D eigenvalue weighted by Gasteiger charge is -2.28. The number of aliphatic hydroxyl groups is 2. The van der Waals surface area contributed by atoms with Gasteiger partial charge in [-0.3, -0.25) is 4.79 Å². The monoisotopic (exact) mass is 428 g/mol. The molecule has 3 rings (SSSR count). The number of allylic oxidation sites excluding steroid dienone is 2. The number of aliphatic hydroxyl groups excluding tert-OH is 2. The van der Waals surface area contributed by atoms with Crippen LogP contribution in [0.2, 0.25) is 0 Å². The van der Waals surface area contributed by atoms with Crippen LogP contribution < -0.4 is 0 Å². The molecule has 31 heavy (non-hydrogen) atoms. The van der Waals surface area contributed by atoms with E-state index in [9.17, 15) is 15.0 Å². The lowest BCUT2D eigenvalue weighted by molar-refractivity contribution is -0.121. The molecule has 1 aliphatic rings. The predicted molar refractivity (Wildman–Crippen MR) is 115 cm³/mol. The van der Waals surface area contributed by atoms with Crippen LogP contribution in [0.25, 0.3) is 0 Å². The van der Waals surface area contributed by atoms with Crippen LogP contribution in [0.3, 0.4) is 0 Å². The molecule has 1 fully saturated rings. The van der Waals surface area contributed by atoms with Gasteiger partial charge >= 0.3 is 0 Å². The van der Waals surface area contributed by atoms with Crippen LogP contribution in [0.1, 0.15) is 51.1 Å². The zero-order valence-corrected chi connectivity index (χ0v) is 18.1. The van der Waals surface area contributed by atoms with E-state index in [2.05, 4.69) is 26.7 Å². The average Bonchev–Trinajstić information content (AvgIpc) is 3.46. The standard InChI is InChI=1S/C23H32N4O4/c1-23(2,15-16-8-7-13-31-16)21(30)12-11-18-17(19(28)14-20(18)29)9-5-3-4-6-10-22-24-26-27-25-22/h3,5,7-8,11-13,17-18,20-21,29-30H,4,6,9-10,14-15H2,1-2H3,(H,24,25,26,27). The Kier molecular flexibility index (Phi) is 7.92. The smallest absolute Gasteiger partial charge is 0.174 e. The highest BCUT2D eigenvalue weighted by atomic mass is 16.3. The molecule has 8 heteroatoms. The summed E-state index contributed by atoms with van der Waals surface area (Å²) in [4.78, 5) is 12.4. The Labute approximate surface area is 182 Å². The predicted octanol–water partition coefficient (Wildman–Crippen LogP) is 2.81. The summed E-state index contributed by atoms with van der Waals surface area (Å²) in [6, 6.07) is 3.72. The van der Waals surface area contributed by atoms with Crippen molar-refractivity contribution in [1.82, 2.24) is 20.6 Å². The molecule has 1 saturated carbocycles. The van der Waals surface area contributed by atoms with Gasteiger partial charge in [0.15, 0.2) is 5.82 Å². The van der Waals surface area contributed by atoms with Crippen LogP contribution in [0.5, 0.6) is 0 Å². The molecule has 0 spiro atoms. The molecule has 1 aliphatic carbocycles. The quantitative estimate of drug-likeness (QED) is 0.371. The van der Waals surface area contributed by atoms with Crippen molar-refractivity contribution in [2.45, 2.75) is 64.6 Å². The number of aryl methyl sites for hydroxylation is 1. The molecule has 2 aromatic heterocycles. The molecule has 0 saturated heterocycles. The third-order valence-corrected chi connectivity index (χ3v) is 5.98. The first-order chi connectivity index (χ1) is 14.9. The van der Waals surface area contributed by atoms with Crippen LogP contribution in [-0.2, 0) is 17.6 Å². The summed E-state index contributed by atoms with van der Waals surface area (Å²) >= 11 is 0. The summed E-state index contributed by atoms with van der Waals surface area (Å²) in [5, 5.41) is 34.9. The van der Waals surface area contributed by atoms with E-state index in [1.165, 1.54) is 0 Å². The van der Waals surface area contributed by atoms with E-state index in [-0.39, 0.29) is 24.0 Å². The van der Waals surface area contributed by atoms with Crippen LogP contribution in [-0.4, -0.2) is 48.8 Å². The molecule has 0 bridgehead atoms. The molecular weight excluding hydrogens is 396 g/mol. The Morgan fingerprint density at radius 2 is 2.23 bits per heavy atom. The molecule has 0 aliphatic heterocycles. The highest BCUT2D eigenvalue weighted by Gasteiger charge is 2.39. The second-order valence-electron chi connectivity index (χ2n) is 8.92. The fraction of sp³-hybridized carbons (Fsp3) is 0.565. The van der Waals surface area contributed by atoms with Crippen molar-refractivity contribution < 1.29 is 19.4 Å². The number of nitrogens with one attached hydrogen (secondary N) is 1. The maximum Gasteiger partial charge on any atom is 0.174 e. The number of Topliss-reactive ketones (excluding diaryl/α,β-unsaturated/α-hetero) is 1. The lowest BCUT2D eigenvalue weighted by Crippen LogP contribution is -2.30. The van der Waals surface area contributed by atoms with Gasteiger partial charge in [-0.05, 0) is 31.4 Å². The third kappa shape index (κ3) is 6.45. The van der Waals surface area contributed by atoms with Gasteiger partial charge in [0.25, 0.3) is 0 Å². The van der Waals surface area contributed by atoms with Crippen LogP contribution in [0, 0.1) is 17.3 Å². The molecule has 168 valence electrons. The van der Waals surface area contributed by atoms with Gasteiger partial charge in [0.2, 0.25) is 0 Å². The number of carbonyl (C=O) groups is 1. The first-order valence-electron chi connectivity index (χ1n) is 10.8. The summed E-state index contributed by atoms with van der Waals surface area (Å²) in [6.45, 7) is 3.94. The molecule has 0 aromatic carbocycles. The first kappa shape index (κ1) is 23.1. The number of unbranched alkanes of at least 4 members (excludes halogenated alkanes) is 1. The fourth-order valence-electron chi connectivity index (χ4n) is 4.02. The number of rotatable bonds is 11. The van der Waals surface area contributed by atoms with Gasteiger partial charge in [0, 0.05) is 36.5 Å². The highest BCUT2D eigenvalue weighted by molar-refractivity contribution is 5.84. The van der Waals surface area contributed by atoms with Crippen LogP contribution in [0.15, 0.2) is 47.1 Å². The second-order valence-corrected chi connectivity index (χ2v) is 8.92. The Bertz CT molecular complexity index is 858. The number of hydrogen-bond donors (Lipinski definition) is 3. The molecule has 3 N–H and O–H groups in total. The number of tetrazole rings is 1. The average molecular weight is 429 g/mol. The van der Waals surface area contributed by atoms with Gasteiger partial charge in [0.05, 0.1) is 18.5 Å². The van der Waals surface area contributed by atoms with Crippen molar-refractivity contribution in [3.8, 4) is 0 Å². The number of hydrogen-bond acceptors (Lipinski definition) is 7. The number of ketones is 1. The van der Waals surface area contributed by atoms with Crippen LogP contribution in [0.4, 0.5) is 0 Å². The minimum absolute atomic E-state index is 0.0722.